The summed E-state index contributed by atoms with van der Waals surface area (Å²) < 4.78 is 24.0. The van der Waals surface area contributed by atoms with Gasteiger partial charge in [0, 0.05) is 10.8 Å². The molecule has 0 spiro atoms. The molecule has 0 N–H and O–H groups in total. The van der Waals surface area contributed by atoms with E-state index in [1.165, 1.54) is 24.5 Å². The Labute approximate surface area is 118 Å². The highest BCUT2D eigenvalue weighted by molar-refractivity contribution is 6.15. The molecule has 0 saturated carbocycles. The Morgan fingerprint density at radius 2 is 1.86 bits per heavy atom. The van der Waals surface area contributed by atoms with Crippen molar-refractivity contribution in [3.05, 3.63) is 71.9 Å². The highest BCUT2D eigenvalue weighted by atomic mass is 19.1. The third-order valence-corrected chi connectivity index (χ3v) is 3.43. The molecule has 0 amide bonds. The van der Waals surface area contributed by atoms with Crippen LogP contribution in [0.25, 0.3) is 21.9 Å². The van der Waals surface area contributed by atoms with Crippen LogP contribution in [-0.4, -0.2) is 5.78 Å². The van der Waals surface area contributed by atoms with Gasteiger partial charge in [-0.25, -0.2) is 4.39 Å². The minimum absolute atomic E-state index is 0.169. The summed E-state index contributed by atoms with van der Waals surface area (Å²) in [4.78, 5) is 12.5. The number of carbonyl (C=O) groups is 1. The van der Waals surface area contributed by atoms with Crippen LogP contribution in [-0.2, 0) is 0 Å². The largest absolute Gasteiger partial charge is 0.464 e. The van der Waals surface area contributed by atoms with Gasteiger partial charge in [-0.05, 0) is 30.3 Å². The van der Waals surface area contributed by atoms with Crippen LogP contribution in [0.15, 0.2) is 63.6 Å². The van der Waals surface area contributed by atoms with Crippen molar-refractivity contribution >= 4 is 27.7 Å². The van der Waals surface area contributed by atoms with Gasteiger partial charge in [0.15, 0.2) is 5.76 Å². The maximum atomic E-state index is 13.2. The molecular formula is C17H9FO3. The molecule has 0 aliphatic carbocycles. The van der Waals surface area contributed by atoms with E-state index in [0.29, 0.717) is 22.1 Å². The first kappa shape index (κ1) is 11.9. The van der Waals surface area contributed by atoms with Crippen molar-refractivity contribution in [2.24, 2.45) is 0 Å². The van der Waals surface area contributed by atoms with Crippen molar-refractivity contribution < 1.29 is 18.0 Å². The van der Waals surface area contributed by atoms with Crippen LogP contribution in [0.5, 0.6) is 0 Å². The number of carbonyl (C=O) groups excluding carboxylic acids is 1. The first-order valence-corrected chi connectivity index (χ1v) is 6.42. The topological polar surface area (TPSA) is 43.4 Å². The summed E-state index contributed by atoms with van der Waals surface area (Å²) >= 11 is 0. The maximum Gasteiger partial charge on any atom is 0.232 e. The van der Waals surface area contributed by atoms with E-state index in [1.807, 2.05) is 18.2 Å². The molecule has 2 heterocycles. The quantitative estimate of drug-likeness (QED) is 0.506. The van der Waals surface area contributed by atoms with Crippen LogP contribution < -0.4 is 0 Å². The van der Waals surface area contributed by atoms with E-state index in [0.717, 1.165) is 5.39 Å². The first-order chi connectivity index (χ1) is 10.2. The van der Waals surface area contributed by atoms with Crippen LogP contribution in [0.4, 0.5) is 4.39 Å². The van der Waals surface area contributed by atoms with Crippen LogP contribution in [0.2, 0.25) is 0 Å². The number of hydrogen-bond acceptors (Lipinski definition) is 3. The average Bonchev–Trinajstić information content (AvgIpc) is 3.09. The molecule has 2 aromatic carbocycles. The van der Waals surface area contributed by atoms with Crippen molar-refractivity contribution in [3.63, 3.8) is 0 Å². The molecule has 0 aliphatic heterocycles. The molecule has 0 bridgehead atoms. The van der Waals surface area contributed by atoms with Crippen molar-refractivity contribution in [1.82, 2.24) is 0 Å². The average molecular weight is 280 g/mol. The van der Waals surface area contributed by atoms with Gasteiger partial charge in [0.25, 0.3) is 0 Å². The molecule has 21 heavy (non-hydrogen) atoms. The summed E-state index contributed by atoms with van der Waals surface area (Å²) in [5.74, 6) is -0.477. The molecule has 4 heteroatoms. The fourth-order valence-corrected chi connectivity index (χ4v) is 2.41. The van der Waals surface area contributed by atoms with Crippen molar-refractivity contribution in [3.8, 4) is 0 Å². The number of benzene rings is 2. The summed E-state index contributed by atoms with van der Waals surface area (Å²) in [6.45, 7) is 0. The standard InChI is InChI=1S/C17H9FO3/c18-11-5-6-14-10(7-11)8-16(21-14)17(19)13-9-20-15-4-2-1-3-12(13)15/h1-9H. The van der Waals surface area contributed by atoms with Gasteiger partial charge in [0.2, 0.25) is 5.78 Å². The van der Waals surface area contributed by atoms with Crippen LogP contribution in [0.1, 0.15) is 16.1 Å². The number of furan rings is 2. The summed E-state index contributed by atoms with van der Waals surface area (Å²) in [6.07, 6.45) is 1.42. The maximum absolute atomic E-state index is 13.2. The lowest BCUT2D eigenvalue weighted by molar-refractivity contribution is 0.101. The Bertz CT molecular complexity index is 978. The lowest BCUT2D eigenvalue weighted by Crippen LogP contribution is -1.97. The third kappa shape index (κ3) is 1.84. The van der Waals surface area contributed by atoms with E-state index in [-0.39, 0.29) is 17.4 Å². The summed E-state index contributed by atoms with van der Waals surface area (Å²) in [6, 6.07) is 13.0. The summed E-state index contributed by atoms with van der Waals surface area (Å²) in [7, 11) is 0. The van der Waals surface area contributed by atoms with Crippen molar-refractivity contribution in [2.75, 3.05) is 0 Å². The molecule has 0 radical (unpaired) electrons. The zero-order valence-electron chi connectivity index (χ0n) is 10.8. The van der Waals surface area contributed by atoms with Gasteiger partial charge in [0.05, 0.1) is 5.56 Å². The minimum Gasteiger partial charge on any atom is -0.464 e. The molecule has 2 aromatic heterocycles. The number of fused-ring (bicyclic) bond motifs is 2. The number of halogens is 1. The molecule has 4 aromatic rings. The van der Waals surface area contributed by atoms with Gasteiger partial charge in [0.1, 0.15) is 23.2 Å². The van der Waals surface area contributed by atoms with E-state index < -0.39 is 0 Å². The van der Waals surface area contributed by atoms with Crippen LogP contribution >= 0.6 is 0 Å². The Kier molecular flexibility index (Phi) is 2.44. The number of ketones is 1. The Hall–Kier alpha value is -2.88. The molecule has 0 fully saturated rings. The number of para-hydroxylation sites is 1. The predicted octanol–water partition coefficient (Wildman–Crippen LogP) is 4.55. The summed E-state index contributed by atoms with van der Waals surface area (Å²) in [5.41, 5.74) is 1.56. The molecule has 0 saturated heterocycles. The molecular weight excluding hydrogens is 271 g/mol. The lowest BCUT2D eigenvalue weighted by atomic mass is 10.1. The second-order valence-corrected chi connectivity index (χ2v) is 4.77. The van der Waals surface area contributed by atoms with Crippen LogP contribution in [0, 0.1) is 5.82 Å². The normalized spacial score (nSPS) is 11.3. The van der Waals surface area contributed by atoms with E-state index in [4.69, 9.17) is 8.83 Å². The van der Waals surface area contributed by atoms with Gasteiger partial charge in [-0.3, -0.25) is 4.79 Å². The van der Waals surface area contributed by atoms with Crippen molar-refractivity contribution in [2.45, 2.75) is 0 Å². The molecule has 3 nitrogen and oxygen atoms in total. The summed E-state index contributed by atoms with van der Waals surface area (Å²) in [5, 5.41) is 1.29. The first-order valence-electron chi connectivity index (χ1n) is 6.42. The molecule has 0 atom stereocenters. The highest BCUT2D eigenvalue weighted by Gasteiger charge is 2.19. The van der Waals surface area contributed by atoms with E-state index in [2.05, 4.69) is 0 Å². The molecule has 4 rings (SSSR count). The lowest BCUT2D eigenvalue weighted by Gasteiger charge is -1.93. The van der Waals surface area contributed by atoms with Crippen LogP contribution in [0.3, 0.4) is 0 Å². The zero-order chi connectivity index (χ0) is 14.4. The number of rotatable bonds is 2. The van der Waals surface area contributed by atoms with Gasteiger partial charge in [-0.15, -0.1) is 0 Å². The Balaban J connectivity index is 1.86. The SMILES string of the molecule is O=C(c1cc2cc(F)ccc2o1)c1coc2ccccc12. The molecule has 0 aliphatic rings. The van der Waals surface area contributed by atoms with Gasteiger partial charge >= 0.3 is 0 Å². The minimum atomic E-state index is -0.365. The van der Waals surface area contributed by atoms with E-state index in [1.54, 1.807) is 12.1 Å². The zero-order valence-corrected chi connectivity index (χ0v) is 10.8. The number of hydrogen-bond donors (Lipinski definition) is 0. The third-order valence-electron chi connectivity index (χ3n) is 3.43. The van der Waals surface area contributed by atoms with Crippen molar-refractivity contribution in [1.29, 1.82) is 0 Å². The predicted molar refractivity (Wildman–Crippen MR) is 75.8 cm³/mol. The smallest absolute Gasteiger partial charge is 0.232 e. The fraction of sp³-hybridized carbons (Fsp3) is 0. The molecule has 0 unspecified atom stereocenters. The van der Waals surface area contributed by atoms with Gasteiger partial charge < -0.3 is 8.83 Å². The Morgan fingerprint density at radius 3 is 2.76 bits per heavy atom. The Morgan fingerprint density at radius 1 is 1.00 bits per heavy atom. The second kappa shape index (κ2) is 4.31. The van der Waals surface area contributed by atoms with Gasteiger partial charge in [-0.1, -0.05) is 18.2 Å². The monoisotopic (exact) mass is 280 g/mol. The molecule has 102 valence electrons. The van der Waals surface area contributed by atoms with E-state index in [9.17, 15) is 9.18 Å². The van der Waals surface area contributed by atoms with E-state index >= 15 is 0 Å². The fourth-order valence-electron chi connectivity index (χ4n) is 2.41. The second-order valence-electron chi connectivity index (χ2n) is 4.77. The highest BCUT2D eigenvalue weighted by Crippen LogP contribution is 2.26. The van der Waals surface area contributed by atoms with Gasteiger partial charge in [-0.2, -0.15) is 0 Å².